The lowest BCUT2D eigenvalue weighted by Gasteiger charge is -2.05. The van der Waals surface area contributed by atoms with E-state index in [0.29, 0.717) is 6.61 Å². The van der Waals surface area contributed by atoms with Crippen molar-refractivity contribution in [3.8, 4) is 17.0 Å². The fraction of sp³-hybridized carbons (Fsp3) is 0.308. The van der Waals surface area contributed by atoms with Gasteiger partial charge >= 0.3 is 0 Å². The normalized spacial score (nSPS) is 10.4. The number of aryl methyl sites for hydroxylation is 2. The lowest BCUT2D eigenvalue weighted by Crippen LogP contribution is -1.94. The Bertz CT molecular complexity index is 471. The molecule has 0 saturated carbocycles. The minimum atomic E-state index is 0.699. The van der Waals surface area contributed by atoms with Gasteiger partial charge in [-0.05, 0) is 44.2 Å². The van der Waals surface area contributed by atoms with Crippen LogP contribution in [0.5, 0.6) is 5.75 Å². The topological polar surface area (TPSA) is 27.1 Å². The lowest BCUT2D eigenvalue weighted by molar-refractivity contribution is 0.340. The van der Waals surface area contributed by atoms with Crippen molar-refractivity contribution in [1.82, 2.24) is 9.78 Å². The van der Waals surface area contributed by atoms with Crippen LogP contribution >= 0.6 is 0 Å². The molecule has 0 N–H and O–H groups in total. The van der Waals surface area contributed by atoms with Crippen molar-refractivity contribution >= 4 is 0 Å². The number of rotatable bonds is 3. The number of hydrogen-bond acceptors (Lipinski definition) is 2. The van der Waals surface area contributed by atoms with Crippen LogP contribution in [0.2, 0.25) is 0 Å². The van der Waals surface area contributed by atoms with Crippen molar-refractivity contribution in [1.29, 1.82) is 0 Å². The largest absolute Gasteiger partial charge is 0.494 e. The Balaban J connectivity index is 2.31. The van der Waals surface area contributed by atoms with Gasteiger partial charge in [-0.1, -0.05) is 0 Å². The van der Waals surface area contributed by atoms with Gasteiger partial charge in [-0.15, -0.1) is 0 Å². The van der Waals surface area contributed by atoms with Crippen molar-refractivity contribution < 1.29 is 4.74 Å². The van der Waals surface area contributed by atoms with Crippen LogP contribution in [0.3, 0.4) is 0 Å². The van der Waals surface area contributed by atoms with Crippen molar-refractivity contribution in [2.24, 2.45) is 7.05 Å². The average molecular weight is 216 g/mol. The van der Waals surface area contributed by atoms with Gasteiger partial charge in [-0.2, -0.15) is 5.10 Å². The van der Waals surface area contributed by atoms with Crippen molar-refractivity contribution in [3.63, 3.8) is 0 Å². The third-order valence-electron chi connectivity index (χ3n) is 2.46. The fourth-order valence-electron chi connectivity index (χ4n) is 1.77. The number of hydrogen-bond donors (Lipinski definition) is 0. The van der Waals surface area contributed by atoms with Crippen molar-refractivity contribution in [2.45, 2.75) is 13.8 Å². The third-order valence-corrected chi connectivity index (χ3v) is 2.46. The smallest absolute Gasteiger partial charge is 0.119 e. The summed E-state index contributed by atoms with van der Waals surface area (Å²) in [6, 6.07) is 10.2. The second-order valence-corrected chi connectivity index (χ2v) is 3.75. The summed E-state index contributed by atoms with van der Waals surface area (Å²) in [5, 5.41) is 4.33. The summed E-state index contributed by atoms with van der Waals surface area (Å²) in [5.74, 6) is 0.908. The number of ether oxygens (including phenoxy) is 1. The SMILES string of the molecule is CCOc1ccc(-c2cc(C)nn2C)cc1. The van der Waals surface area contributed by atoms with Gasteiger partial charge in [0.05, 0.1) is 18.0 Å². The molecule has 0 saturated heterocycles. The van der Waals surface area contributed by atoms with E-state index < -0.39 is 0 Å². The van der Waals surface area contributed by atoms with Crippen LogP contribution < -0.4 is 4.74 Å². The number of benzene rings is 1. The van der Waals surface area contributed by atoms with E-state index in [4.69, 9.17) is 4.74 Å². The highest BCUT2D eigenvalue weighted by Gasteiger charge is 2.04. The van der Waals surface area contributed by atoms with Crippen molar-refractivity contribution in [3.05, 3.63) is 36.0 Å². The highest BCUT2D eigenvalue weighted by molar-refractivity contribution is 5.60. The molecule has 0 radical (unpaired) electrons. The van der Waals surface area contributed by atoms with E-state index in [0.717, 1.165) is 22.7 Å². The molecule has 0 fully saturated rings. The maximum absolute atomic E-state index is 5.41. The first-order chi connectivity index (χ1) is 7.70. The van der Waals surface area contributed by atoms with Crippen LogP contribution in [0, 0.1) is 6.92 Å². The molecule has 0 aliphatic heterocycles. The minimum absolute atomic E-state index is 0.699. The molecule has 3 nitrogen and oxygen atoms in total. The summed E-state index contributed by atoms with van der Waals surface area (Å²) in [7, 11) is 1.96. The van der Waals surface area contributed by atoms with Gasteiger partial charge in [0.2, 0.25) is 0 Å². The molecule has 2 aromatic rings. The maximum Gasteiger partial charge on any atom is 0.119 e. The number of aromatic nitrogens is 2. The van der Waals surface area contributed by atoms with Gasteiger partial charge in [0.25, 0.3) is 0 Å². The Hall–Kier alpha value is -1.77. The predicted octanol–water partition coefficient (Wildman–Crippen LogP) is 2.79. The van der Waals surface area contributed by atoms with Crippen LogP contribution in [-0.2, 0) is 7.05 Å². The predicted molar refractivity (Wildman–Crippen MR) is 64.6 cm³/mol. The first-order valence-electron chi connectivity index (χ1n) is 5.44. The van der Waals surface area contributed by atoms with Crippen LogP contribution in [0.4, 0.5) is 0 Å². The molecule has 0 spiro atoms. The van der Waals surface area contributed by atoms with E-state index in [9.17, 15) is 0 Å². The third kappa shape index (κ3) is 2.08. The molecule has 1 aromatic heterocycles. The summed E-state index contributed by atoms with van der Waals surface area (Å²) in [5.41, 5.74) is 3.32. The first kappa shape index (κ1) is 10.7. The molecule has 0 aliphatic rings. The Kier molecular flexibility index (Phi) is 2.95. The van der Waals surface area contributed by atoms with E-state index in [1.165, 1.54) is 0 Å². The molecule has 1 heterocycles. The lowest BCUT2D eigenvalue weighted by atomic mass is 10.1. The highest BCUT2D eigenvalue weighted by atomic mass is 16.5. The molecular weight excluding hydrogens is 200 g/mol. The molecule has 1 aromatic carbocycles. The molecule has 3 heteroatoms. The second-order valence-electron chi connectivity index (χ2n) is 3.75. The fourth-order valence-corrected chi connectivity index (χ4v) is 1.77. The molecule has 84 valence electrons. The Morgan fingerprint density at radius 2 is 1.94 bits per heavy atom. The summed E-state index contributed by atoms with van der Waals surface area (Å²) >= 11 is 0. The van der Waals surface area contributed by atoms with Gasteiger partial charge in [-0.3, -0.25) is 4.68 Å². The van der Waals surface area contributed by atoms with E-state index in [1.807, 2.05) is 37.7 Å². The van der Waals surface area contributed by atoms with Gasteiger partial charge < -0.3 is 4.74 Å². The summed E-state index contributed by atoms with van der Waals surface area (Å²) in [6.07, 6.45) is 0. The summed E-state index contributed by atoms with van der Waals surface area (Å²) in [6.45, 7) is 4.68. The van der Waals surface area contributed by atoms with Gasteiger partial charge in [0, 0.05) is 12.6 Å². The van der Waals surface area contributed by atoms with E-state index in [-0.39, 0.29) is 0 Å². The Labute approximate surface area is 95.7 Å². The molecule has 0 aliphatic carbocycles. The summed E-state index contributed by atoms with van der Waals surface area (Å²) < 4.78 is 7.30. The zero-order valence-electron chi connectivity index (χ0n) is 9.90. The van der Waals surface area contributed by atoms with Crippen molar-refractivity contribution in [2.75, 3.05) is 6.61 Å². The van der Waals surface area contributed by atoms with Gasteiger partial charge in [0.1, 0.15) is 5.75 Å². The van der Waals surface area contributed by atoms with E-state index in [2.05, 4.69) is 23.3 Å². The molecule has 16 heavy (non-hydrogen) atoms. The van der Waals surface area contributed by atoms with Crippen LogP contribution in [0.25, 0.3) is 11.3 Å². The molecule has 0 unspecified atom stereocenters. The molecule has 0 amide bonds. The second kappa shape index (κ2) is 4.39. The first-order valence-corrected chi connectivity index (χ1v) is 5.44. The Morgan fingerprint density at radius 3 is 2.44 bits per heavy atom. The van der Waals surface area contributed by atoms with E-state index in [1.54, 1.807) is 0 Å². The Morgan fingerprint density at radius 1 is 1.25 bits per heavy atom. The number of nitrogens with zero attached hydrogens (tertiary/aromatic N) is 2. The van der Waals surface area contributed by atoms with Crippen LogP contribution in [0.1, 0.15) is 12.6 Å². The van der Waals surface area contributed by atoms with Crippen LogP contribution in [0.15, 0.2) is 30.3 Å². The standard InChI is InChI=1S/C13H16N2O/c1-4-16-12-7-5-11(6-8-12)13-9-10(2)14-15(13)3/h5-9H,4H2,1-3H3. The molecule has 0 atom stereocenters. The highest BCUT2D eigenvalue weighted by Crippen LogP contribution is 2.22. The average Bonchev–Trinajstić information content (AvgIpc) is 2.59. The van der Waals surface area contributed by atoms with Gasteiger partial charge in [0.15, 0.2) is 0 Å². The van der Waals surface area contributed by atoms with Crippen LogP contribution in [-0.4, -0.2) is 16.4 Å². The monoisotopic (exact) mass is 216 g/mol. The zero-order chi connectivity index (χ0) is 11.5. The quantitative estimate of drug-likeness (QED) is 0.788. The zero-order valence-corrected chi connectivity index (χ0v) is 9.90. The molecule has 2 rings (SSSR count). The van der Waals surface area contributed by atoms with E-state index >= 15 is 0 Å². The molecular formula is C13H16N2O. The van der Waals surface area contributed by atoms with Gasteiger partial charge in [-0.25, -0.2) is 0 Å². The summed E-state index contributed by atoms with van der Waals surface area (Å²) in [4.78, 5) is 0. The minimum Gasteiger partial charge on any atom is -0.494 e. The molecule has 0 bridgehead atoms. The maximum atomic E-state index is 5.41.